The Morgan fingerprint density at radius 1 is 1.43 bits per heavy atom. The fraction of sp³-hybridized carbons (Fsp3) is 0.357. The standard InChI is InChI=1S/C14H14FNO3S2/c15-11-2-1-3-12-10(11)6-13(20-12)14(17)16-7-9-4-5-21(18,19)8-9/h1-3,6,9H,4-5,7-8H2,(H,16,17). The van der Waals surface area contributed by atoms with Gasteiger partial charge in [0.25, 0.3) is 5.91 Å². The normalized spacial score (nSPS) is 20.7. The van der Waals surface area contributed by atoms with Gasteiger partial charge >= 0.3 is 0 Å². The number of nitrogens with one attached hydrogen (secondary N) is 1. The molecule has 1 unspecified atom stereocenters. The lowest BCUT2D eigenvalue weighted by Gasteiger charge is -2.08. The van der Waals surface area contributed by atoms with Crippen LogP contribution in [0.4, 0.5) is 4.39 Å². The number of hydrogen-bond donors (Lipinski definition) is 1. The van der Waals surface area contributed by atoms with Crippen LogP contribution in [0.3, 0.4) is 0 Å². The van der Waals surface area contributed by atoms with Gasteiger partial charge in [0.1, 0.15) is 5.82 Å². The highest BCUT2D eigenvalue weighted by atomic mass is 32.2. The average molecular weight is 327 g/mol. The summed E-state index contributed by atoms with van der Waals surface area (Å²) in [5, 5.41) is 3.18. The number of halogens is 1. The Labute approximate surface area is 125 Å². The molecular weight excluding hydrogens is 313 g/mol. The summed E-state index contributed by atoms with van der Waals surface area (Å²) in [4.78, 5) is 12.5. The quantitative estimate of drug-likeness (QED) is 0.940. The van der Waals surface area contributed by atoms with Gasteiger partial charge in [-0.05, 0) is 30.5 Å². The lowest BCUT2D eigenvalue weighted by atomic mass is 10.1. The first-order valence-electron chi connectivity index (χ1n) is 6.61. The number of hydrogen-bond acceptors (Lipinski definition) is 4. The topological polar surface area (TPSA) is 63.2 Å². The number of carbonyl (C=O) groups is 1. The molecular formula is C14H14FNO3S2. The molecule has 1 saturated heterocycles. The lowest BCUT2D eigenvalue weighted by Crippen LogP contribution is -2.29. The maximum Gasteiger partial charge on any atom is 0.261 e. The summed E-state index contributed by atoms with van der Waals surface area (Å²) >= 11 is 1.23. The first-order chi connectivity index (χ1) is 9.94. The zero-order valence-electron chi connectivity index (χ0n) is 11.1. The van der Waals surface area contributed by atoms with E-state index in [2.05, 4.69) is 5.32 Å². The van der Waals surface area contributed by atoms with Crippen LogP contribution in [0.2, 0.25) is 0 Å². The van der Waals surface area contributed by atoms with Crippen molar-refractivity contribution in [1.82, 2.24) is 5.32 Å². The van der Waals surface area contributed by atoms with E-state index < -0.39 is 9.84 Å². The number of rotatable bonds is 3. The molecule has 7 heteroatoms. The second kappa shape index (κ2) is 5.38. The number of sulfone groups is 1. The van der Waals surface area contributed by atoms with E-state index in [0.29, 0.717) is 23.2 Å². The van der Waals surface area contributed by atoms with Crippen molar-refractivity contribution in [3.05, 3.63) is 35.0 Å². The van der Waals surface area contributed by atoms with Gasteiger partial charge in [-0.15, -0.1) is 11.3 Å². The smallest absolute Gasteiger partial charge is 0.261 e. The fourth-order valence-electron chi connectivity index (χ4n) is 2.49. The van der Waals surface area contributed by atoms with Gasteiger partial charge in [0.15, 0.2) is 9.84 Å². The maximum absolute atomic E-state index is 13.6. The molecule has 1 fully saturated rings. The lowest BCUT2D eigenvalue weighted by molar-refractivity contribution is 0.0952. The molecule has 21 heavy (non-hydrogen) atoms. The Hall–Kier alpha value is -1.47. The van der Waals surface area contributed by atoms with Gasteiger partial charge in [-0.3, -0.25) is 4.79 Å². The van der Waals surface area contributed by atoms with Gasteiger partial charge in [-0.2, -0.15) is 0 Å². The van der Waals surface area contributed by atoms with Crippen LogP contribution in [-0.4, -0.2) is 32.4 Å². The summed E-state index contributed by atoms with van der Waals surface area (Å²) in [6.07, 6.45) is 0.587. The third kappa shape index (κ3) is 3.08. The van der Waals surface area contributed by atoms with Crippen LogP contribution in [0.5, 0.6) is 0 Å². The highest BCUT2D eigenvalue weighted by Crippen LogP contribution is 2.27. The SMILES string of the molecule is O=C(NCC1CCS(=O)(=O)C1)c1cc2c(F)cccc2s1. The summed E-state index contributed by atoms with van der Waals surface area (Å²) < 4.78 is 37.0. The summed E-state index contributed by atoms with van der Waals surface area (Å²) in [6, 6.07) is 6.28. The monoisotopic (exact) mass is 327 g/mol. The van der Waals surface area contributed by atoms with Crippen LogP contribution in [-0.2, 0) is 9.84 Å². The zero-order valence-corrected chi connectivity index (χ0v) is 12.8. The minimum absolute atomic E-state index is 0.0231. The zero-order chi connectivity index (χ0) is 15.0. The number of amides is 1. The molecule has 1 aliphatic rings. The Kier molecular flexibility index (Phi) is 3.71. The number of thiophene rings is 1. The van der Waals surface area contributed by atoms with E-state index in [4.69, 9.17) is 0 Å². The molecule has 2 heterocycles. The van der Waals surface area contributed by atoms with Gasteiger partial charge in [0, 0.05) is 16.6 Å². The molecule has 1 N–H and O–H groups in total. The van der Waals surface area contributed by atoms with Crippen LogP contribution >= 0.6 is 11.3 Å². The van der Waals surface area contributed by atoms with Crippen molar-refractivity contribution in [3.63, 3.8) is 0 Å². The largest absolute Gasteiger partial charge is 0.351 e. The maximum atomic E-state index is 13.6. The third-order valence-electron chi connectivity index (χ3n) is 3.61. The Morgan fingerprint density at radius 2 is 2.24 bits per heavy atom. The molecule has 1 amide bonds. The van der Waals surface area contributed by atoms with Crippen LogP contribution in [0.1, 0.15) is 16.1 Å². The van der Waals surface area contributed by atoms with E-state index in [9.17, 15) is 17.6 Å². The first kappa shape index (κ1) is 14.5. The van der Waals surface area contributed by atoms with Gasteiger partial charge in [-0.25, -0.2) is 12.8 Å². The third-order valence-corrected chi connectivity index (χ3v) is 6.55. The number of benzene rings is 1. The van der Waals surface area contributed by atoms with Crippen LogP contribution in [0, 0.1) is 11.7 Å². The van der Waals surface area contributed by atoms with Crippen molar-refractivity contribution < 1.29 is 17.6 Å². The molecule has 0 bridgehead atoms. The Bertz CT molecular complexity index is 798. The molecule has 112 valence electrons. The van der Waals surface area contributed by atoms with Crippen molar-refractivity contribution in [1.29, 1.82) is 0 Å². The van der Waals surface area contributed by atoms with Crippen LogP contribution in [0.15, 0.2) is 24.3 Å². The molecule has 0 spiro atoms. The molecule has 2 aromatic rings. The molecule has 1 aromatic heterocycles. The van der Waals surface area contributed by atoms with E-state index >= 15 is 0 Å². The van der Waals surface area contributed by atoms with Crippen molar-refractivity contribution in [2.75, 3.05) is 18.1 Å². The van der Waals surface area contributed by atoms with Crippen LogP contribution in [0.25, 0.3) is 10.1 Å². The van der Waals surface area contributed by atoms with E-state index in [1.165, 1.54) is 23.5 Å². The predicted molar refractivity (Wildman–Crippen MR) is 80.9 cm³/mol. The molecule has 0 saturated carbocycles. The molecule has 4 nitrogen and oxygen atoms in total. The molecule has 0 aliphatic carbocycles. The summed E-state index contributed by atoms with van der Waals surface area (Å²) in [6.45, 7) is 0.342. The van der Waals surface area contributed by atoms with Crippen LogP contribution < -0.4 is 5.32 Å². The molecule has 1 aliphatic heterocycles. The fourth-order valence-corrected chi connectivity index (χ4v) is 5.35. The van der Waals surface area contributed by atoms with Gasteiger partial charge < -0.3 is 5.32 Å². The van der Waals surface area contributed by atoms with Crippen molar-refractivity contribution in [3.8, 4) is 0 Å². The van der Waals surface area contributed by atoms with Crippen molar-refractivity contribution in [2.24, 2.45) is 5.92 Å². The first-order valence-corrected chi connectivity index (χ1v) is 9.25. The number of fused-ring (bicyclic) bond motifs is 1. The van der Waals surface area contributed by atoms with E-state index in [1.807, 2.05) is 0 Å². The predicted octanol–water partition coefficient (Wildman–Crippen LogP) is 2.20. The average Bonchev–Trinajstić information content (AvgIpc) is 3.00. The molecule has 3 rings (SSSR count). The number of carbonyl (C=O) groups excluding carboxylic acids is 1. The highest BCUT2D eigenvalue weighted by molar-refractivity contribution is 7.91. The summed E-state index contributed by atoms with van der Waals surface area (Å²) in [5.74, 6) is -0.315. The second-order valence-electron chi connectivity index (χ2n) is 5.24. The minimum atomic E-state index is -2.93. The molecule has 1 aromatic carbocycles. The van der Waals surface area contributed by atoms with Gasteiger partial charge in [0.2, 0.25) is 0 Å². The van der Waals surface area contributed by atoms with Crippen molar-refractivity contribution in [2.45, 2.75) is 6.42 Å². The summed E-state index contributed by atoms with van der Waals surface area (Å²) in [5.41, 5.74) is 0. The van der Waals surface area contributed by atoms with Gasteiger partial charge in [0.05, 0.1) is 16.4 Å². The molecule has 1 atom stereocenters. The van der Waals surface area contributed by atoms with Crippen molar-refractivity contribution >= 4 is 37.2 Å². The highest BCUT2D eigenvalue weighted by Gasteiger charge is 2.28. The summed E-state index contributed by atoms with van der Waals surface area (Å²) in [7, 11) is -2.93. The Balaban J connectivity index is 1.69. The van der Waals surface area contributed by atoms with E-state index in [1.54, 1.807) is 12.1 Å². The van der Waals surface area contributed by atoms with E-state index in [0.717, 1.165) is 4.70 Å². The Morgan fingerprint density at radius 3 is 2.90 bits per heavy atom. The van der Waals surface area contributed by atoms with Gasteiger partial charge in [-0.1, -0.05) is 6.07 Å². The van der Waals surface area contributed by atoms with E-state index in [-0.39, 0.29) is 29.1 Å². The second-order valence-corrected chi connectivity index (χ2v) is 8.55. The molecule has 0 radical (unpaired) electrons. The minimum Gasteiger partial charge on any atom is -0.351 e.